The van der Waals surface area contributed by atoms with Gasteiger partial charge in [0.1, 0.15) is 6.61 Å². The second kappa shape index (κ2) is 5.31. The molecule has 1 fully saturated rings. The molecule has 0 unspecified atom stereocenters. The molecule has 0 aliphatic heterocycles. The van der Waals surface area contributed by atoms with Crippen LogP contribution in [0.2, 0.25) is 0 Å². The fourth-order valence-electron chi connectivity index (χ4n) is 1.64. The first-order chi connectivity index (χ1) is 8.18. The normalized spacial score (nSPS) is 15.2. The quantitative estimate of drug-likeness (QED) is 0.749. The molecule has 1 aliphatic carbocycles. The smallest absolute Gasteiger partial charge is 0.313 e. The van der Waals surface area contributed by atoms with Gasteiger partial charge in [0.25, 0.3) is 5.88 Å². The summed E-state index contributed by atoms with van der Waals surface area (Å²) in [5.74, 6) is 0.213. The highest BCUT2D eigenvalue weighted by Crippen LogP contribution is 2.33. The summed E-state index contributed by atoms with van der Waals surface area (Å²) in [4.78, 5) is 15.9. The van der Waals surface area contributed by atoms with E-state index in [9.17, 15) is 4.79 Å². The van der Waals surface area contributed by atoms with Gasteiger partial charge in [-0.15, -0.1) is 0 Å². The van der Waals surface area contributed by atoms with Crippen molar-refractivity contribution < 1.29 is 4.74 Å². The number of ether oxygens (including phenoxy) is 1. The maximum Gasteiger partial charge on any atom is 0.313 e. The third kappa shape index (κ3) is 3.30. The van der Waals surface area contributed by atoms with E-state index < -0.39 is 0 Å². The first-order valence-electron chi connectivity index (χ1n) is 6.12. The molecule has 2 rings (SSSR count). The van der Waals surface area contributed by atoms with Crippen LogP contribution in [0, 0.1) is 0 Å². The molecular weight excluding hydrogens is 218 g/mol. The number of nitrogens with one attached hydrogen (secondary N) is 1. The Balaban J connectivity index is 1.92. The van der Waals surface area contributed by atoms with Gasteiger partial charge in [0.15, 0.2) is 0 Å². The molecule has 0 aromatic carbocycles. The molecule has 0 saturated heterocycles. The van der Waals surface area contributed by atoms with Crippen LogP contribution in [0.15, 0.2) is 17.2 Å². The van der Waals surface area contributed by atoms with Gasteiger partial charge in [-0.05, 0) is 12.8 Å². The third-order valence-corrected chi connectivity index (χ3v) is 2.67. The summed E-state index contributed by atoms with van der Waals surface area (Å²) in [6.07, 6.45) is 5.53. The predicted molar refractivity (Wildman–Crippen MR) is 65.4 cm³/mol. The topological polar surface area (TPSA) is 56.1 Å². The summed E-state index contributed by atoms with van der Waals surface area (Å²) in [5, 5.41) is 3.22. The molecule has 0 bridgehead atoms. The minimum absolute atomic E-state index is 0.112. The van der Waals surface area contributed by atoms with Crippen LogP contribution >= 0.6 is 0 Å². The summed E-state index contributed by atoms with van der Waals surface area (Å²) < 4.78 is 7.12. The molecule has 1 aliphatic rings. The molecule has 94 valence electrons. The van der Waals surface area contributed by atoms with E-state index in [-0.39, 0.29) is 11.4 Å². The van der Waals surface area contributed by atoms with Crippen molar-refractivity contribution in [2.24, 2.45) is 0 Å². The molecule has 1 saturated carbocycles. The lowest BCUT2D eigenvalue weighted by atomic mass is 10.4. The minimum atomic E-state index is -0.112. The highest BCUT2D eigenvalue weighted by Gasteiger charge is 2.25. The SMILES string of the molecule is CC(C)NCCOc1nccn(C2CC2)c1=O. The molecule has 1 aromatic heterocycles. The molecule has 5 heteroatoms. The van der Waals surface area contributed by atoms with Crippen molar-refractivity contribution in [1.29, 1.82) is 0 Å². The van der Waals surface area contributed by atoms with Crippen LogP contribution in [0.4, 0.5) is 0 Å². The molecule has 1 aromatic rings. The predicted octanol–water partition coefficient (Wildman–Crippen LogP) is 0.955. The minimum Gasteiger partial charge on any atom is -0.472 e. The van der Waals surface area contributed by atoms with E-state index in [4.69, 9.17) is 4.74 Å². The Labute approximate surface area is 101 Å². The molecule has 1 heterocycles. The van der Waals surface area contributed by atoms with Crippen LogP contribution in [-0.4, -0.2) is 28.7 Å². The summed E-state index contributed by atoms with van der Waals surface area (Å²) >= 11 is 0. The van der Waals surface area contributed by atoms with Crippen molar-refractivity contribution in [3.8, 4) is 5.88 Å². The third-order valence-electron chi connectivity index (χ3n) is 2.67. The summed E-state index contributed by atoms with van der Waals surface area (Å²) in [7, 11) is 0. The van der Waals surface area contributed by atoms with Gasteiger partial charge in [-0.2, -0.15) is 0 Å². The molecule has 17 heavy (non-hydrogen) atoms. The van der Waals surface area contributed by atoms with Crippen molar-refractivity contribution in [2.45, 2.75) is 38.8 Å². The zero-order valence-corrected chi connectivity index (χ0v) is 10.3. The van der Waals surface area contributed by atoms with Gasteiger partial charge < -0.3 is 14.6 Å². The van der Waals surface area contributed by atoms with Gasteiger partial charge in [-0.1, -0.05) is 13.8 Å². The second-order valence-electron chi connectivity index (χ2n) is 4.63. The van der Waals surface area contributed by atoms with Gasteiger partial charge in [0.2, 0.25) is 0 Å². The van der Waals surface area contributed by atoms with Crippen molar-refractivity contribution >= 4 is 0 Å². The van der Waals surface area contributed by atoms with Crippen LogP contribution in [-0.2, 0) is 0 Å². The standard InChI is InChI=1S/C12H19N3O2/c1-9(2)13-6-8-17-11-12(16)15(7-5-14-11)10-3-4-10/h5,7,9-10,13H,3-4,6,8H2,1-2H3. The number of hydrogen-bond acceptors (Lipinski definition) is 4. The first-order valence-corrected chi connectivity index (χ1v) is 6.12. The highest BCUT2D eigenvalue weighted by atomic mass is 16.5. The molecule has 0 radical (unpaired) electrons. The molecule has 0 spiro atoms. The zero-order chi connectivity index (χ0) is 12.3. The highest BCUT2D eigenvalue weighted by molar-refractivity contribution is 5.06. The van der Waals surface area contributed by atoms with Crippen LogP contribution in [0.25, 0.3) is 0 Å². The summed E-state index contributed by atoms with van der Waals surface area (Å²) in [6.45, 7) is 5.33. The van der Waals surface area contributed by atoms with Gasteiger partial charge in [-0.25, -0.2) is 4.98 Å². The van der Waals surface area contributed by atoms with Gasteiger partial charge >= 0.3 is 5.56 Å². The Hall–Kier alpha value is -1.36. The van der Waals surface area contributed by atoms with E-state index in [0.29, 0.717) is 18.7 Å². The molecule has 5 nitrogen and oxygen atoms in total. The second-order valence-corrected chi connectivity index (χ2v) is 4.63. The number of hydrogen-bond donors (Lipinski definition) is 1. The van der Waals surface area contributed by atoms with Gasteiger partial charge in [0, 0.05) is 31.0 Å². The first kappa shape index (κ1) is 12.1. The largest absolute Gasteiger partial charge is 0.472 e. The maximum atomic E-state index is 11.9. The molecule has 0 amide bonds. The van der Waals surface area contributed by atoms with Crippen molar-refractivity contribution in [3.05, 3.63) is 22.7 Å². The van der Waals surface area contributed by atoms with Crippen molar-refractivity contribution in [1.82, 2.24) is 14.9 Å². The number of rotatable bonds is 6. The Kier molecular flexibility index (Phi) is 3.78. The van der Waals surface area contributed by atoms with Gasteiger partial charge in [0.05, 0.1) is 0 Å². The Morgan fingerprint density at radius 2 is 2.35 bits per heavy atom. The van der Waals surface area contributed by atoms with E-state index in [0.717, 1.165) is 19.4 Å². The van der Waals surface area contributed by atoms with E-state index in [2.05, 4.69) is 24.1 Å². The Morgan fingerprint density at radius 3 is 3.00 bits per heavy atom. The monoisotopic (exact) mass is 237 g/mol. The van der Waals surface area contributed by atoms with E-state index in [1.54, 1.807) is 17.0 Å². The van der Waals surface area contributed by atoms with E-state index in [1.165, 1.54) is 0 Å². The fourth-order valence-corrected chi connectivity index (χ4v) is 1.64. The lowest BCUT2D eigenvalue weighted by Crippen LogP contribution is -2.29. The molecular formula is C12H19N3O2. The molecule has 0 atom stereocenters. The van der Waals surface area contributed by atoms with Crippen LogP contribution in [0.1, 0.15) is 32.7 Å². The van der Waals surface area contributed by atoms with Gasteiger partial charge in [-0.3, -0.25) is 4.79 Å². The Bertz CT molecular complexity index is 424. The lowest BCUT2D eigenvalue weighted by Gasteiger charge is -2.09. The van der Waals surface area contributed by atoms with Crippen molar-refractivity contribution in [3.63, 3.8) is 0 Å². The van der Waals surface area contributed by atoms with Crippen molar-refractivity contribution in [2.75, 3.05) is 13.2 Å². The maximum absolute atomic E-state index is 11.9. The lowest BCUT2D eigenvalue weighted by molar-refractivity contribution is 0.290. The summed E-state index contributed by atoms with van der Waals surface area (Å²) in [6, 6.07) is 0.784. The Morgan fingerprint density at radius 1 is 1.59 bits per heavy atom. The van der Waals surface area contributed by atoms with Crippen LogP contribution < -0.4 is 15.6 Å². The average molecular weight is 237 g/mol. The van der Waals surface area contributed by atoms with Crippen LogP contribution in [0.3, 0.4) is 0 Å². The fraction of sp³-hybridized carbons (Fsp3) is 0.667. The summed E-state index contributed by atoms with van der Waals surface area (Å²) in [5.41, 5.74) is -0.112. The van der Waals surface area contributed by atoms with E-state index in [1.807, 2.05) is 0 Å². The van der Waals surface area contributed by atoms with E-state index >= 15 is 0 Å². The number of aromatic nitrogens is 2. The van der Waals surface area contributed by atoms with Crippen LogP contribution in [0.5, 0.6) is 5.88 Å². The molecule has 1 N–H and O–H groups in total. The average Bonchev–Trinajstić information content (AvgIpc) is 3.10. The zero-order valence-electron chi connectivity index (χ0n) is 10.3. The number of nitrogens with zero attached hydrogens (tertiary/aromatic N) is 2.